The highest BCUT2D eigenvalue weighted by atomic mass is 16.6. The maximum absolute atomic E-state index is 12.7. The second kappa shape index (κ2) is 10.4. The van der Waals surface area contributed by atoms with Gasteiger partial charge in [-0.05, 0) is 45.6 Å². The fourth-order valence-corrected chi connectivity index (χ4v) is 6.14. The summed E-state index contributed by atoms with van der Waals surface area (Å²) in [5.74, 6) is -4.05. The minimum atomic E-state index is -1.94. The number of hydrogen-bond acceptors (Lipinski definition) is 9. The molecule has 1 saturated heterocycles. The summed E-state index contributed by atoms with van der Waals surface area (Å²) in [6.07, 6.45) is -0.328. The first-order valence-corrected chi connectivity index (χ1v) is 12.6. The van der Waals surface area contributed by atoms with E-state index in [1.165, 1.54) is 20.8 Å². The highest BCUT2D eigenvalue weighted by Crippen LogP contribution is 2.56. The Morgan fingerprint density at radius 2 is 1.69 bits per heavy atom. The second-order valence-electron chi connectivity index (χ2n) is 10.5. The number of carbonyl (C=O) groups excluding carboxylic acids is 4. The molecular formula is C27H38O9. The van der Waals surface area contributed by atoms with Gasteiger partial charge in [0, 0.05) is 26.2 Å². The number of fused-ring (bicyclic) bond motifs is 2. The summed E-state index contributed by atoms with van der Waals surface area (Å²) < 4.78 is 23.2. The third-order valence-corrected chi connectivity index (χ3v) is 8.13. The molecule has 8 atom stereocenters. The largest absolute Gasteiger partial charge is 0.462 e. The molecule has 0 aromatic rings. The summed E-state index contributed by atoms with van der Waals surface area (Å²) >= 11 is 0. The van der Waals surface area contributed by atoms with Gasteiger partial charge in [0.25, 0.3) is 0 Å². The van der Waals surface area contributed by atoms with E-state index in [1.807, 2.05) is 13.8 Å². The lowest BCUT2D eigenvalue weighted by atomic mass is 9.55. The minimum absolute atomic E-state index is 0.143. The van der Waals surface area contributed by atoms with Crippen LogP contribution in [0, 0.1) is 17.3 Å². The zero-order valence-electron chi connectivity index (χ0n) is 22.0. The summed E-state index contributed by atoms with van der Waals surface area (Å²) in [6.45, 7) is 13.7. The summed E-state index contributed by atoms with van der Waals surface area (Å²) in [4.78, 5) is 49.9. The van der Waals surface area contributed by atoms with Gasteiger partial charge in [-0.1, -0.05) is 31.6 Å². The molecule has 9 heteroatoms. The van der Waals surface area contributed by atoms with E-state index >= 15 is 0 Å². The summed E-state index contributed by atoms with van der Waals surface area (Å²) in [6, 6.07) is 0. The van der Waals surface area contributed by atoms with E-state index in [0.29, 0.717) is 31.3 Å². The molecule has 1 N–H and O–H groups in total. The number of esters is 4. The van der Waals surface area contributed by atoms with Crippen molar-refractivity contribution in [2.24, 2.45) is 17.3 Å². The van der Waals surface area contributed by atoms with Gasteiger partial charge in [0.05, 0.1) is 11.3 Å². The van der Waals surface area contributed by atoms with Crippen LogP contribution in [0.15, 0.2) is 23.8 Å². The molecule has 0 aromatic heterocycles. The van der Waals surface area contributed by atoms with Crippen molar-refractivity contribution in [2.75, 3.05) is 0 Å². The smallest absolute Gasteiger partial charge is 0.312 e. The van der Waals surface area contributed by atoms with Gasteiger partial charge in [-0.15, -0.1) is 0 Å². The monoisotopic (exact) mass is 506 g/mol. The van der Waals surface area contributed by atoms with Crippen LogP contribution in [0.3, 0.4) is 0 Å². The van der Waals surface area contributed by atoms with E-state index in [-0.39, 0.29) is 6.42 Å². The van der Waals surface area contributed by atoms with E-state index in [0.717, 1.165) is 5.57 Å². The fourth-order valence-electron chi connectivity index (χ4n) is 6.14. The van der Waals surface area contributed by atoms with Crippen molar-refractivity contribution < 1.29 is 43.2 Å². The molecule has 2 fully saturated rings. The molecule has 200 valence electrons. The quantitative estimate of drug-likeness (QED) is 0.348. The van der Waals surface area contributed by atoms with Gasteiger partial charge in [0.15, 0.2) is 11.7 Å². The van der Waals surface area contributed by atoms with Gasteiger partial charge in [-0.25, -0.2) is 0 Å². The molecule has 36 heavy (non-hydrogen) atoms. The highest BCUT2D eigenvalue weighted by molar-refractivity contribution is 5.78. The zero-order chi connectivity index (χ0) is 27.0. The Morgan fingerprint density at radius 3 is 2.28 bits per heavy atom. The Bertz CT molecular complexity index is 968. The fraction of sp³-hybridized carbons (Fsp3) is 0.704. The van der Waals surface area contributed by atoms with E-state index in [4.69, 9.17) is 18.9 Å². The van der Waals surface area contributed by atoms with Crippen LogP contribution in [0.25, 0.3) is 0 Å². The molecule has 3 aliphatic rings. The number of aliphatic hydroxyl groups is 1. The number of rotatable bonds is 4. The minimum Gasteiger partial charge on any atom is -0.462 e. The van der Waals surface area contributed by atoms with Gasteiger partial charge in [0.1, 0.15) is 18.3 Å². The molecule has 2 aliphatic carbocycles. The average molecular weight is 507 g/mol. The van der Waals surface area contributed by atoms with E-state index < -0.39 is 71.1 Å². The molecule has 9 nitrogen and oxygen atoms in total. The van der Waals surface area contributed by atoms with Crippen molar-refractivity contribution in [3.8, 4) is 0 Å². The van der Waals surface area contributed by atoms with Crippen LogP contribution in [0.4, 0.5) is 0 Å². The topological polar surface area (TPSA) is 125 Å². The number of ether oxygens (including phenoxy) is 4. The number of allylic oxidation sites excluding steroid dienone is 1. The second-order valence-corrected chi connectivity index (χ2v) is 10.5. The van der Waals surface area contributed by atoms with Crippen LogP contribution in [0.2, 0.25) is 0 Å². The van der Waals surface area contributed by atoms with Crippen LogP contribution in [0.5, 0.6) is 0 Å². The lowest BCUT2D eigenvalue weighted by molar-refractivity contribution is -0.220. The molecule has 0 radical (unpaired) electrons. The molecular weight excluding hydrogens is 468 g/mol. The van der Waals surface area contributed by atoms with Crippen LogP contribution in [-0.4, -0.2) is 59.0 Å². The van der Waals surface area contributed by atoms with Gasteiger partial charge in [0.2, 0.25) is 0 Å². The molecule has 3 rings (SSSR count). The van der Waals surface area contributed by atoms with Crippen molar-refractivity contribution in [1.29, 1.82) is 0 Å². The zero-order valence-corrected chi connectivity index (χ0v) is 22.0. The predicted molar refractivity (Wildman–Crippen MR) is 128 cm³/mol. The Labute approximate surface area is 212 Å². The molecule has 0 unspecified atom stereocenters. The maximum Gasteiger partial charge on any atom is 0.312 e. The summed E-state index contributed by atoms with van der Waals surface area (Å²) in [7, 11) is 0. The Hall–Kier alpha value is -2.68. The molecule has 1 saturated carbocycles. The van der Waals surface area contributed by atoms with Crippen LogP contribution in [-0.2, 0) is 38.1 Å². The standard InChI is InChI=1S/C27H38O9/c1-8-22(30)35-20-11-9-14(2)13-21-27(32,16(4)25(31)36-21)24(34-18(6)29)23-15(3)10-12-19(26(20,23)7)33-17(5)28/h13,16,19-21,23-24,32H,3,8-12H2,1-2,4-7H3/b14-13-/t16-,19-,20+,21+,23+,24+,26+,27-/m0/s1. The number of carbonyl (C=O) groups is 4. The Morgan fingerprint density at radius 1 is 1.11 bits per heavy atom. The molecule has 1 aliphatic heterocycles. The predicted octanol–water partition coefficient (Wildman–Crippen LogP) is 3.18. The van der Waals surface area contributed by atoms with Crippen LogP contribution < -0.4 is 0 Å². The van der Waals surface area contributed by atoms with E-state index in [9.17, 15) is 24.3 Å². The third-order valence-electron chi connectivity index (χ3n) is 8.13. The van der Waals surface area contributed by atoms with Crippen molar-refractivity contribution in [2.45, 2.75) is 104 Å². The highest BCUT2D eigenvalue weighted by Gasteiger charge is 2.67. The Kier molecular flexibility index (Phi) is 8.03. The molecule has 0 aromatic carbocycles. The van der Waals surface area contributed by atoms with Crippen molar-refractivity contribution in [3.05, 3.63) is 23.8 Å². The van der Waals surface area contributed by atoms with Gasteiger partial charge >= 0.3 is 23.9 Å². The third kappa shape index (κ3) is 4.82. The van der Waals surface area contributed by atoms with Crippen molar-refractivity contribution in [3.63, 3.8) is 0 Å². The summed E-state index contributed by atoms with van der Waals surface area (Å²) in [5.41, 5.74) is -1.62. The van der Waals surface area contributed by atoms with Crippen LogP contribution in [0.1, 0.15) is 73.6 Å². The van der Waals surface area contributed by atoms with E-state index in [1.54, 1.807) is 13.0 Å². The lowest BCUT2D eigenvalue weighted by Gasteiger charge is -2.55. The van der Waals surface area contributed by atoms with E-state index in [2.05, 4.69) is 6.58 Å². The van der Waals surface area contributed by atoms with Gasteiger partial charge < -0.3 is 24.1 Å². The maximum atomic E-state index is 12.7. The van der Waals surface area contributed by atoms with Crippen molar-refractivity contribution in [1.82, 2.24) is 0 Å². The number of hydrogen-bond donors (Lipinski definition) is 1. The summed E-state index contributed by atoms with van der Waals surface area (Å²) in [5, 5.41) is 12.2. The normalized spacial score (nSPS) is 40.0. The SMILES string of the molecule is C=C1CC[C@H](OC(C)=O)[C@@]2(C)[C@H]1[C@@H](OC(C)=O)[C@@]1(O)[C@@H](/C=C(/C)CC[C@H]2OC(=O)CC)OC(=O)[C@@H]1C. The first-order valence-electron chi connectivity index (χ1n) is 12.6. The molecule has 0 spiro atoms. The Balaban J connectivity index is 2.33. The van der Waals surface area contributed by atoms with Gasteiger partial charge in [-0.2, -0.15) is 0 Å². The van der Waals surface area contributed by atoms with Crippen LogP contribution >= 0.6 is 0 Å². The lowest BCUT2D eigenvalue weighted by Crippen LogP contribution is -2.65. The molecule has 0 amide bonds. The molecule has 0 bridgehead atoms. The van der Waals surface area contributed by atoms with Crippen molar-refractivity contribution >= 4 is 23.9 Å². The first-order chi connectivity index (χ1) is 16.8. The molecule has 1 heterocycles. The average Bonchev–Trinajstić information content (AvgIpc) is 3.00. The first kappa shape index (κ1) is 27.9. The van der Waals surface area contributed by atoms with Gasteiger partial charge in [-0.3, -0.25) is 19.2 Å².